The van der Waals surface area contributed by atoms with Gasteiger partial charge in [-0.05, 0) is 32.6 Å². The third-order valence-corrected chi connectivity index (χ3v) is 5.07. The standard InChI is InChI=1S/C18H30N4OS/c1-6-22(13-15-10-8-7-9-11-15)16(23)12-20-17(19-4)21-14-18(2,3)24-5/h7-11H,6,12-14H2,1-5H3,(H2,19,20,21). The van der Waals surface area contributed by atoms with E-state index in [2.05, 4.69) is 35.7 Å². The van der Waals surface area contributed by atoms with Crippen LogP contribution in [0.4, 0.5) is 0 Å². The molecular formula is C18H30N4OS. The largest absolute Gasteiger partial charge is 0.355 e. The van der Waals surface area contributed by atoms with Crippen LogP contribution in [0.3, 0.4) is 0 Å². The molecule has 134 valence electrons. The van der Waals surface area contributed by atoms with E-state index in [0.717, 1.165) is 12.1 Å². The van der Waals surface area contributed by atoms with Crippen molar-refractivity contribution in [3.8, 4) is 0 Å². The molecule has 1 amide bonds. The highest BCUT2D eigenvalue weighted by molar-refractivity contribution is 7.99. The number of hydrogen-bond acceptors (Lipinski definition) is 3. The fourth-order valence-electron chi connectivity index (χ4n) is 2.04. The Morgan fingerprint density at radius 2 is 1.92 bits per heavy atom. The Kier molecular flexibility index (Phi) is 8.68. The Morgan fingerprint density at radius 1 is 1.25 bits per heavy atom. The van der Waals surface area contributed by atoms with E-state index in [1.165, 1.54) is 0 Å². The molecule has 5 nitrogen and oxygen atoms in total. The molecule has 24 heavy (non-hydrogen) atoms. The minimum absolute atomic E-state index is 0.0634. The van der Waals surface area contributed by atoms with Gasteiger partial charge in [0.15, 0.2) is 5.96 Å². The van der Waals surface area contributed by atoms with Crippen LogP contribution in [0.1, 0.15) is 26.3 Å². The van der Waals surface area contributed by atoms with E-state index in [9.17, 15) is 4.79 Å². The number of carbonyl (C=O) groups excluding carboxylic acids is 1. The predicted octanol–water partition coefficient (Wildman–Crippen LogP) is 2.34. The van der Waals surface area contributed by atoms with Gasteiger partial charge in [-0.1, -0.05) is 30.3 Å². The minimum Gasteiger partial charge on any atom is -0.355 e. The quantitative estimate of drug-likeness (QED) is 0.558. The minimum atomic E-state index is 0.0634. The van der Waals surface area contributed by atoms with Crippen LogP contribution < -0.4 is 10.6 Å². The van der Waals surface area contributed by atoms with Crippen molar-refractivity contribution in [2.75, 3.05) is 32.9 Å². The zero-order chi connectivity index (χ0) is 18.0. The van der Waals surface area contributed by atoms with Gasteiger partial charge in [0.2, 0.25) is 5.91 Å². The molecule has 0 aliphatic carbocycles. The van der Waals surface area contributed by atoms with Crippen LogP contribution in [0, 0.1) is 0 Å². The second-order valence-electron chi connectivity index (χ2n) is 6.14. The van der Waals surface area contributed by atoms with Crippen LogP contribution in [0.2, 0.25) is 0 Å². The van der Waals surface area contributed by atoms with Crippen molar-refractivity contribution >= 4 is 23.6 Å². The molecule has 0 saturated heterocycles. The van der Waals surface area contributed by atoms with Crippen molar-refractivity contribution in [3.05, 3.63) is 35.9 Å². The van der Waals surface area contributed by atoms with E-state index >= 15 is 0 Å². The summed E-state index contributed by atoms with van der Waals surface area (Å²) in [6.07, 6.45) is 2.09. The van der Waals surface area contributed by atoms with Gasteiger partial charge in [-0.2, -0.15) is 11.8 Å². The number of aliphatic imine (C=N–C) groups is 1. The van der Waals surface area contributed by atoms with Crippen LogP contribution in [0.25, 0.3) is 0 Å². The lowest BCUT2D eigenvalue weighted by atomic mass is 10.2. The van der Waals surface area contributed by atoms with Crippen LogP contribution in [0.5, 0.6) is 0 Å². The number of benzene rings is 1. The summed E-state index contributed by atoms with van der Waals surface area (Å²) in [6.45, 7) is 8.66. The third-order valence-electron chi connectivity index (χ3n) is 3.82. The van der Waals surface area contributed by atoms with Crippen molar-refractivity contribution in [2.24, 2.45) is 4.99 Å². The highest BCUT2D eigenvalue weighted by Gasteiger charge is 2.17. The lowest BCUT2D eigenvalue weighted by Crippen LogP contribution is -2.47. The number of hydrogen-bond donors (Lipinski definition) is 2. The first-order valence-electron chi connectivity index (χ1n) is 8.23. The Bertz CT molecular complexity index is 531. The molecule has 0 aliphatic rings. The molecule has 0 radical (unpaired) electrons. The first-order valence-corrected chi connectivity index (χ1v) is 9.45. The van der Waals surface area contributed by atoms with Crippen LogP contribution in [-0.4, -0.2) is 54.5 Å². The summed E-state index contributed by atoms with van der Waals surface area (Å²) < 4.78 is 0.115. The lowest BCUT2D eigenvalue weighted by molar-refractivity contribution is -0.130. The summed E-state index contributed by atoms with van der Waals surface area (Å²) in [5.74, 6) is 0.717. The molecule has 0 bridgehead atoms. The summed E-state index contributed by atoms with van der Waals surface area (Å²) in [5.41, 5.74) is 1.14. The normalized spacial score (nSPS) is 12.0. The van der Waals surface area contributed by atoms with E-state index in [0.29, 0.717) is 19.0 Å². The number of nitrogens with one attached hydrogen (secondary N) is 2. The number of thioether (sulfide) groups is 1. The van der Waals surface area contributed by atoms with Crippen molar-refractivity contribution in [1.82, 2.24) is 15.5 Å². The predicted molar refractivity (Wildman–Crippen MR) is 104 cm³/mol. The zero-order valence-corrected chi connectivity index (χ0v) is 16.2. The molecule has 0 atom stereocenters. The van der Waals surface area contributed by atoms with Crippen molar-refractivity contribution in [1.29, 1.82) is 0 Å². The maximum absolute atomic E-state index is 12.4. The maximum atomic E-state index is 12.4. The molecule has 1 rings (SSSR count). The Morgan fingerprint density at radius 3 is 2.46 bits per heavy atom. The lowest BCUT2D eigenvalue weighted by Gasteiger charge is -2.25. The highest BCUT2D eigenvalue weighted by Crippen LogP contribution is 2.19. The average Bonchev–Trinajstić information content (AvgIpc) is 2.60. The van der Waals surface area contributed by atoms with Crippen molar-refractivity contribution in [2.45, 2.75) is 32.1 Å². The summed E-state index contributed by atoms with van der Waals surface area (Å²) in [6, 6.07) is 10.0. The molecule has 0 aromatic heterocycles. The highest BCUT2D eigenvalue weighted by atomic mass is 32.2. The van der Waals surface area contributed by atoms with Crippen LogP contribution in [0.15, 0.2) is 35.3 Å². The van der Waals surface area contributed by atoms with Gasteiger partial charge >= 0.3 is 0 Å². The molecule has 0 spiro atoms. The summed E-state index contributed by atoms with van der Waals surface area (Å²) in [7, 11) is 1.72. The van der Waals surface area contributed by atoms with E-state index in [-0.39, 0.29) is 17.2 Å². The molecule has 0 aliphatic heterocycles. The Hall–Kier alpha value is -1.69. The third kappa shape index (κ3) is 7.25. The van der Waals surface area contributed by atoms with Crippen LogP contribution in [-0.2, 0) is 11.3 Å². The van der Waals surface area contributed by atoms with Gasteiger partial charge in [0.05, 0.1) is 6.54 Å². The Balaban J connectivity index is 2.49. The molecule has 6 heteroatoms. The van der Waals surface area contributed by atoms with Gasteiger partial charge in [0.25, 0.3) is 0 Å². The monoisotopic (exact) mass is 350 g/mol. The number of amides is 1. The van der Waals surface area contributed by atoms with Crippen molar-refractivity contribution in [3.63, 3.8) is 0 Å². The molecule has 0 saturated carbocycles. The zero-order valence-electron chi connectivity index (χ0n) is 15.4. The molecule has 0 heterocycles. The van der Waals surface area contributed by atoms with Gasteiger partial charge < -0.3 is 15.5 Å². The van der Waals surface area contributed by atoms with E-state index in [4.69, 9.17) is 0 Å². The number of guanidine groups is 1. The molecular weight excluding hydrogens is 320 g/mol. The maximum Gasteiger partial charge on any atom is 0.242 e. The number of nitrogens with zero attached hydrogens (tertiary/aromatic N) is 2. The second kappa shape index (κ2) is 10.2. The smallest absolute Gasteiger partial charge is 0.242 e. The fraction of sp³-hybridized carbons (Fsp3) is 0.556. The molecule has 1 aromatic carbocycles. The van der Waals surface area contributed by atoms with Gasteiger partial charge in [0.1, 0.15) is 0 Å². The summed E-state index contributed by atoms with van der Waals surface area (Å²) in [4.78, 5) is 18.4. The van der Waals surface area contributed by atoms with Gasteiger partial charge in [-0.3, -0.25) is 9.79 Å². The molecule has 0 unspecified atom stereocenters. The molecule has 2 N–H and O–H groups in total. The van der Waals surface area contributed by atoms with E-state index < -0.39 is 0 Å². The summed E-state index contributed by atoms with van der Waals surface area (Å²) in [5, 5.41) is 6.37. The topological polar surface area (TPSA) is 56.7 Å². The summed E-state index contributed by atoms with van der Waals surface area (Å²) >= 11 is 1.79. The average molecular weight is 351 g/mol. The van der Waals surface area contributed by atoms with Gasteiger partial charge in [-0.15, -0.1) is 0 Å². The van der Waals surface area contributed by atoms with Crippen LogP contribution >= 0.6 is 11.8 Å². The molecule has 0 fully saturated rings. The fourth-order valence-corrected chi connectivity index (χ4v) is 2.26. The van der Waals surface area contributed by atoms with E-state index in [1.807, 2.05) is 42.2 Å². The van der Waals surface area contributed by atoms with E-state index in [1.54, 1.807) is 18.8 Å². The second-order valence-corrected chi connectivity index (χ2v) is 7.65. The van der Waals surface area contributed by atoms with Gasteiger partial charge in [-0.25, -0.2) is 0 Å². The number of likely N-dealkylation sites (N-methyl/N-ethyl adjacent to an activating group) is 1. The van der Waals surface area contributed by atoms with Gasteiger partial charge in [0, 0.05) is 31.4 Å². The SMILES string of the molecule is CCN(Cc1ccccc1)C(=O)CNC(=NC)NCC(C)(C)SC. The number of rotatable bonds is 8. The molecule has 1 aromatic rings. The number of carbonyl (C=O) groups is 1. The Labute approximate surface area is 150 Å². The first-order chi connectivity index (χ1) is 11.4. The van der Waals surface area contributed by atoms with Crippen molar-refractivity contribution < 1.29 is 4.79 Å². The first kappa shape index (κ1) is 20.4.